The molecular formula is C24H36N4O2. The number of carbonyl (C=O) groups is 1. The van der Waals surface area contributed by atoms with Crippen LogP contribution in [0, 0.1) is 0 Å². The molecule has 6 nitrogen and oxygen atoms in total. The molecule has 1 rings (SSSR count). The molecule has 0 unspecified atom stereocenters. The van der Waals surface area contributed by atoms with Crippen LogP contribution in [0.4, 0.5) is 5.69 Å². The SMILES string of the molecule is CCCN(CCNc1ccc(O)cc1)C(=NC=NC)C(=C(C)C)/C(C)=C(\C)C(C)=O. The first-order chi connectivity index (χ1) is 14.2. The van der Waals surface area contributed by atoms with Gasteiger partial charge in [-0.25, -0.2) is 4.99 Å². The second kappa shape index (κ2) is 12.6. The predicted octanol–water partition coefficient (Wildman–Crippen LogP) is 4.83. The molecule has 30 heavy (non-hydrogen) atoms. The van der Waals surface area contributed by atoms with Gasteiger partial charge in [0.1, 0.15) is 17.9 Å². The highest BCUT2D eigenvalue weighted by Gasteiger charge is 2.20. The molecular weight excluding hydrogens is 376 g/mol. The van der Waals surface area contributed by atoms with Crippen molar-refractivity contribution in [1.29, 1.82) is 0 Å². The van der Waals surface area contributed by atoms with Crippen LogP contribution in [0.15, 0.2) is 56.5 Å². The molecule has 0 radical (unpaired) electrons. The molecule has 0 amide bonds. The third-order valence-corrected chi connectivity index (χ3v) is 4.86. The summed E-state index contributed by atoms with van der Waals surface area (Å²) >= 11 is 0. The van der Waals surface area contributed by atoms with E-state index >= 15 is 0 Å². The van der Waals surface area contributed by atoms with Gasteiger partial charge in [-0.1, -0.05) is 12.5 Å². The Kier molecular flexibility index (Phi) is 10.6. The average molecular weight is 413 g/mol. The van der Waals surface area contributed by atoms with Crippen molar-refractivity contribution in [3.8, 4) is 5.75 Å². The number of rotatable bonds is 10. The Morgan fingerprint density at radius 3 is 2.20 bits per heavy atom. The van der Waals surface area contributed by atoms with Gasteiger partial charge in [-0.3, -0.25) is 9.79 Å². The van der Waals surface area contributed by atoms with Crippen LogP contribution < -0.4 is 5.32 Å². The second-order valence-corrected chi connectivity index (χ2v) is 7.47. The molecule has 0 spiro atoms. The summed E-state index contributed by atoms with van der Waals surface area (Å²) in [6.45, 7) is 13.9. The van der Waals surface area contributed by atoms with Gasteiger partial charge in [0.05, 0.1) is 0 Å². The monoisotopic (exact) mass is 412 g/mol. The number of ketones is 1. The van der Waals surface area contributed by atoms with Crippen molar-refractivity contribution in [1.82, 2.24) is 4.90 Å². The zero-order valence-electron chi connectivity index (χ0n) is 19.4. The van der Waals surface area contributed by atoms with Crippen LogP contribution >= 0.6 is 0 Å². The largest absolute Gasteiger partial charge is 0.508 e. The molecule has 0 aliphatic heterocycles. The fourth-order valence-corrected chi connectivity index (χ4v) is 3.14. The highest BCUT2D eigenvalue weighted by atomic mass is 16.3. The Balaban J connectivity index is 3.24. The van der Waals surface area contributed by atoms with Gasteiger partial charge < -0.3 is 15.3 Å². The number of nitrogens with zero attached hydrogens (tertiary/aromatic N) is 3. The second-order valence-electron chi connectivity index (χ2n) is 7.47. The molecule has 1 aromatic carbocycles. The molecule has 164 valence electrons. The molecule has 0 saturated heterocycles. The summed E-state index contributed by atoms with van der Waals surface area (Å²) < 4.78 is 0. The number of anilines is 1. The van der Waals surface area contributed by atoms with E-state index in [0.717, 1.165) is 53.3 Å². The predicted molar refractivity (Wildman–Crippen MR) is 128 cm³/mol. The Hall–Kier alpha value is -2.89. The zero-order valence-corrected chi connectivity index (χ0v) is 19.4. The van der Waals surface area contributed by atoms with Crippen LogP contribution in [0.1, 0.15) is 48.0 Å². The smallest absolute Gasteiger partial charge is 0.155 e. The molecule has 0 bridgehead atoms. The highest BCUT2D eigenvalue weighted by Crippen LogP contribution is 2.23. The molecule has 0 saturated carbocycles. The first-order valence-corrected chi connectivity index (χ1v) is 10.4. The van der Waals surface area contributed by atoms with Crippen molar-refractivity contribution in [2.45, 2.75) is 48.0 Å². The Labute approximate surface area is 181 Å². The number of amidine groups is 1. The number of Topliss-reactive ketones (excluding diaryl/α,β-unsaturated/α-hetero) is 1. The number of allylic oxidation sites excluding steroid dienone is 2. The average Bonchev–Trinajstić information content (AvgIpc) is 2.70. The maximum absolute atomic E-state index is 12.0. The molecule has 0 aliphatic rings. The molecule has 0 atom stereocenters. The minimum atomic E-state index is 0.0609. The van der Waals surface area contributed by atoms with Crippen LogP contribution in [0.3, 0.4) is 0 Å². The van der Waals surface area contributed by atoms with Gasteiger partial charge in [-0.05, 0) is 76.5 Å². The maximum atomic E-state index is 12.0. The van der Waals surface area contributed by atoms with Crippen molar-refractivity contribution in [2.24, 2.45) is 9.98 Å². The molecule has 1 aromatic rings. The number of aromatic hydroxyl groups is 1. The molecule has 2 N–H and O–H groups in total. The van der Waals surface area contributed by atoms with Gasteiger partial charge in [-0.15, -0.1) is 0 Å². The number of phenols is 1. The Morgan fingerprint density at radius 1 is 1.07 bits per heavy atom. The number of hydrogen-bond donors (Lipinski definition) is 2. The van der Waals surface area contributed by atoms with Gasteiger partial charge in [0, 0.05) is 37.9 Å². The molecule has 0 fully saturated rings. The van der Waals surface area contributed by atoms with Crippen LogP contribution in [0.5, 0.6) is 5.75 Å². The summed E-state index contributed by atoms with van der Waals surface area (Å²) in [4.78, 5) is 23.0. The van der Waals surface area contributed by atoms with Crippen LogP contribution in [0.25, 0.3) is 0 Å². The van der Waals surface area contributed by atoms with Gasteiger partial charge in [0.25, 0.3) is 0 Å². The topological polar surface area (TPSA) is 77.3 Å². The molecule has 6 heteroatoms. The normalized spacial score (nSPS) is 12.6. The summed E-state index contributed by atoms with van der Waals surface area (Å²) in [6, 6.07) is 7.03. The Bertz CT molecular complexity index is 829. The number of hydrogen-bond acceptors (Lipinski definition) is 4. The lowest BCUT2D eigenvalue weighted by Crippen LogP contribution is -2.37. The van der Waals surface area contributed by atoms with E-state index in [4.69, 9.17) is 0 Å². The minimum Gasteiger partial charge on any atom is -0.508 e. The number of phenolic OH excluding ortho intramolecular Hbond substituents is 1. The summed E-state index contributed by atoms with van der Waals surface area (Å²) in [7, 11) is 1.70. The van der Waals surface area contributed by atoms with Crippen molar-refractivity contribution < 1.29 is 9.90 Å². The summed E-state index contributed by atoms with van der Waals surface area (Å²) in [5.41, 5.74) is 4.72. The van der Waals surface area contributed by atoms with Crippen molar-refractivity contribution in [3.05, 3.63) is 46.6 Å². The molecule has 0 aliphatic carbocycles. The fraction of sp³-hybridized carbons (Fsp3) is 0.458. The first-order valence-electron chi connectivity index (χ1n) is 10.4. The number of nitrogens with one attached hydrogen (secondary N) is 1. The van der Waals surface area contributed by atoms with Gasteiger partial charge >= 0.3 is 0 Å². The molecule has 0 aromatic heterocycles. The van der Waals surface area contributed by atoms with Crippen LogP contribution in [-0.4, -0.2) is 54.6 Å². The van der Waals surface area contributed by atoms with E-state index in [-0.39, 0.29) is 11.5 Å². The Morgan fingerprint density at radius 2 is 1.70 bits per heavy atom. The number of carbonyl (C=O) groups excluding carboxylic acids is 1. The summed E-state index contributed by atoms with van der Waals surface area (Å²) in [5.74, 6) is 1.14. The van der Waals surface area contributed by atoms with E-state index in [1.54, 1.807) is 32.4 Å². The van der Waals surface area contributed by atoms with Gasteiger partial charge in [0.2, 0.25) is 0 Å². The van der Waals surface area contributed by atoms with E-state index in [2.05, 4.69) is 27.1 Å². The van der Waals surface area contributed by atoms with E-state index in [9.17, 15) is 9.90 Å². The van der Waals surface area contributed by atoms with Gasteiger partial charge in [0.15, 0.2) is 5.78 Å². The fourth-order valence-electron chi connectivity index (χ4n) is 3.14. The van der Waals surface area contributed by atoms with E-state index in [1.807, 2.05) is 39.8 Å². The minimum absolute atomic E-state index is 0.0609. The summed E-state index contributed by atoms with van der Waals surface area (Å²) in [5, 5.41) is 12.8. The zero-order chi connectivity index (χ0) is 22.7. The molecule has 0 heterocycles. The van der Waals surface area contributed by atoms with Crippen LogP contribution in [-0.2, 0) is 4.79 Å². The van der Waals surface area contributed by atoms with E-state index in [0.29, 0.717) is 6.54 Å². The third kappa shape index (κ3) is 7.50. The quantitative estimate of drug-likeness (QED) is 0.190. The van der Waals surface area contributed by atoms with Crippen molar-refractivity contribution in [2.75, 3.05) is 32.0 Å². The highest BCUT2D eigenvalue weighted by molar-refractivity contribution is 6.08. The van der Waals surface area contributed by atoms with Crippen molar-refractivity contribution in [3.63, 3.8) is 0 Å². The van der Waals surface area contributed by atoms with Gasteiger partial charge in [-0.2, -0.15) is 0 Å². The number of benzene rings is 1. The lowest BCUT2D eigenvalue weighted by molar-refractivity contribution is -0.113. The van der Waals surface area contributed by atoms with Crippen LogP contribution in [0.2, 0.25) is 0 Å². The van der Waals surface area contributed by atoms with Crippen molar-refractivity contribution >= 4 is 23.6 Å². The van der Waals surface area contributed by atoms with E-state index < -0.39 is 0 Å². The summed E-state index contributed by atoms with van der Waals surface area (Å²) in [6.07, 6.45) is 2.52. The first kappa shape index (κ1) is 25.1. The lowest BCUT2D eigenvalue weighted by atomic mass is 9.95. The lowest BCUT2D eigenvalue weighted by Gasteiger charge is -2.29. The van der Waals surface area contributed by atoms with E-state index in [1.165, 1.54) is 0 Å². The third-order valence-electron chi connectivity index (χ3n) is 4.86. The maximum Gasteiger partial charge on any atom is 0.155 e. The standard InChI is InChI=1S/C24H36N4O2/c1-8-14-28(15-13-26-21-9-11-22(30)12-10-21)24(27-16-25-7)23(17(2)3)19(5)18(4)20(6)29/h9-12,16,26,30H,8,13-15H2,1-7H3/b19-18+,25-16?,27-24?. The number of aliphatic imine (C=N–C) groups is 2.